The van der Waals surface area contributed by atoms with E-state index in [1.165, 1.54) is 44.9 Å². The molecule has 0 spiro atoms. The van der Waals surface area contributed by atoms with Gasteiger partial charge in [-0.2, -0.15) is 0 Å². The largest absolute Gasteiger partial charge is 0.312 e. The van der Waals surface area contributed by atoms with Crippen LogP contribution in [-0.2, 0) is 0 Å². The van der Waals surface area contributed by atoms with Crippen LogP contribution in [0.1, 0.15) is 65.7 Å². The standard InChI is InChI=1S/C16H34N2/c1-6-16(7-2,18(4)5)15(17-8-3)14-12-10-9-11-13-14/h14-15,17H,6-13H2,1-5H3. The molecule has 108 valence electrons. The average molecular weight is 254 g/mol. The molecule has 1 aliphatic carbocycles. The van der Waals surface area contributed by atoms with Gasteiger partial charge in [-0.05, 0) is 52.2 Å². The van der Waals surface area contributed by atoms with Crippen LogP contribution in [0.5, 0.6) is 0 Å². The zero-order valence-electron chi connectivity index (χ0n) is 13.3. The van der Waals surface area contributed by atoms with E-state index in [2.05, 4.69) is 45.1 Å². The van der Waals surface area contributed by atoms with Crippen LogP contribution < -0.4 is 5.32 Å². The van der Waals surface area contributed by atoms with Crippen molar-refractivity contribution in [2.45, 2.75) is 77.3 Å². The zero-order chi connectivity index (χ0) is 13.6. The molecule has 1 N–H and O–H groups in total. The van der Waals surface area contributed by atoms with Crippen molar-refractivity contribution in [2.75, 3.05) is 20.6 Å². The number of likely N-dealkylation sites (N-methyl/N-ethyl adjacent to an activating group) is 2. The van der Waals surface area contributed by atoms with Crippen molar-refractivity contribution in [3.05, 3.63) is 0 Å². The Kier molecular flexibility index (Phi) is 6.65. The molecular weight excluding hydrogens is 220 g/mol. The lowest BCUT2D eigenvalue weighted by Gasteiger charge is -2.49. The molecule has 0 aromatic rings. The highest BCUT2D eigenvalue weighted by molar-refractivity contribution is 5.00. The first-order chi connectivity index (χ1) is 8.62. The van der Waals surface area contributed by atoms with Crippen molar-refractivity contribution >= 4 is 0 Å². The predicted octanol–water partition coefficient (Wildman–Crippen LogP) is 3.67. The molecule has 1 saturated carbocycles. The highest BCUT2D eigenvalue weighted by atomic mass is 15.2. The van der Waals surface area contributed by atoms with Gasteiger partial charge in [0.2, 0.25) is 0 Å². The summed E-state index contributed by atoms with van der Waals surface area (Å²) < 4.78 is 0. The number of hydrogen-bond donors (Lipinski definition) is 1. The summed E-state index contributed by atoms with van der Waals surface area (Å²) in [5.74, 6) is 0.876. The number of nitrogens with zero attached hydrogens (tertiary/aromatic N) is 1. The van der Waals surface area contributed by atoms with Crippen LogP contribution in [0.3, 0.4) is 0 Å². The quantitative estimate of drug-likeness (QED) is 0.746. The fraction of sp³-hybridized carbons (Fsp3) is 1.00. The highest BCUT2D eigenvalue weighted by Gasteiger charge is 2.41. The second-order valence-electron chi connectivity index (χ2n) is 6.14. The summed E-state index contributed by atoms with van der Waals surface area (Å²) in [5, 5.41) is 3.83. The average Bonchev–Trinajstić information content (AvgIpc) is 2.40. The van der Waals surface area contributed by atoms with Gasteiger partial charge in [0.05, 0.1) is 0 Å². The molecule has 1 atom stereocenters. The third kappa shape index (κ3) is 3.27. The van der Waals surface area contributed by atoms with Crippen LogP contribution >= 0.6 is 0 Å². The van der Waals surface area contributed by atoms with Gasteiger partial charge in [0, 0.05) is 11.6 Å². The lowest BCUT2D eigenvalue weighted by molar-refractivity contribution is 0.0492. The van der Waals surface area contributed by atoms with E-state index in [0.29, 0.717) is 11.6 Å². The van der Waals surface area contributed by atoms with Crippen LogP contribution in [0.4, 0.5) is 0 Å². The van der Waals surface area contributed by atoms with Gasteiger partial charge in [-0.15, -0.1) is 0 Å². The third-order valence-corrected chi connectivity index (χ3v) is 5.24. The summed E-state index contributed by atoms with van der Waals surface area (Å²) in [6, 6.07) is 0.660. The molecule has 0 amide bonds. The molecule has 0 aromatic heterocycles. The van der Waals surface area contributed by atoms with E-state index in [-0.39, 0.29) is 0 Å². The van der Waals surface area contributed by atoms with Gasteiger partial charge in [-0.25, -0.2) is 0 Å². The molecule has 0 radical (unpaired) electrons. The second kappa shape index (κ2) is 7.49. The Hall–Kier alpha value is -0.0800. The molecule has 1 rings (SSSR count). The zero-order valence-corrected chi connectivity index (χ0v) is 13.3. The minimum Gasteiger partial charge on any atom is -0.312 e. The van der Waals surface area contributed by atoms with Gasteiger partial charge in [-0.3, -0.25) is 0 Å². The maximum absolute atomic E-state index is 3.83. The summed E-state index contributed by atoms with van der Waals surface area (Å²) >= 11 is 0. The van der Waals surface area contributed by atoms with Gasteiger partial charge in [0.25, 0.3) is 0 Å². The van der Waals surface area contributed by atoms with E-state index >= 15 is 0 Å². The first kappa shape index (κ1) is 16.0. The molecule has 2 heteroatoms. The summed E-state index contributed by atoms with van der Waals surface area (Å²) in [6.45, 7) is 8.06. The van der Waals surface area contributed by atoms with E-state index in [0.717, 1.165) is 12.5 Å². The Balaban J connectivity index is 2.91. The maximum Gasteiger partial charge on any atom is 0.0353 e. The Bertz CT molecular complexity index is 215. The molecule has 1 fully saturated rings. The van der Waals surface area contributed by atoms with Gasteiger partial charge >= 0.3 is 0 Å². The Morgan fingerprint density at radius 2 is 1.61 bits per heavy atom. The van der Waals surface area contributed by atoms with Crippen LogP contribution in [-0.4, -0.2) is 37.1 Å². The van der Waals surface area contributed by atoms with E-state index < -0.39 is 0 Å². The minimum absolute atomic E-state index is 0.331. The van der Waals surface area contributed by atoms with Crippen LogP contribution in [0.15, 0.2) is 0 Å². The normalized spacial score (nSPS) is 20.3. The third-order valence-electron chi connectivity index (χ3n) is 5.24. The predicted molar refractivity (Wildman–Crippen MR) is 81.0 cm³/mol. The second-order valence-corrected chi connectivity index (χ2v) is 6.14. The first-order valence-electron chi connectivity index (χ1n) is 8.03. The molecule has 0 aromatic carbocycles. The summed E-state index contributed by atoms with van der Waals surface area (Å²) in [7, 11) is 4.53. The fourth-order valence-electron chi connectivity index (χ4n) is 4.08. The van der Waals surface area contributed by atoms with E-state index in [1.807, 2.05) is 0 Å². The van der Waals surface area contributed by atoms with Crippen LogP contribution in [0.2, 0.25) is 0 Å². The molecule has 0 aliphatic heterocycles. The Labute approximate surface area is 115 Å². The van der Waals surface area contributed by atoms with Gasteiger partial charge in [0.1, 0.15) is 0 Å². The molecule has 1 unspecified atom stereocenters. The van der Waals surface area contributed by atoms with Crippen molar-refractivity contribution in [3.63, 3.8) is 0 Å². The molecule has 0 heterocycles. The molecule has 1 aliphatic rings. The Morgan fingerprint density at radius 3 is 2.00 bits per heavy atom. The number of rotatable bonds is 7. The number of hydrogen-bond acceptors (Lipinski definition) is 2. The van der Waals surface area contributed by atoms with Gasteiger partial charge in [-0.1, -0.05) is 40.0 Å². The van der Waals surface area contributed by atoms with E-state index in [1.54, 1.807) is 0 Å². The molecule has 18 heavy (non-hydrogen) atoms. The van der Waals surface area contributed by atoms with E-state index in [9.17, 15) is 0 Å². The molecule has 2 nitrogen and oxygen atoms in total. The van der Waals surface area contributed by atoms with Crippen molar-refractivity contribution in [3.8, 4) is 0 Å². The van der Waals surface area contributed by atoms with Crippen molar-refractivity contribution in [2.24, 2.45) is 5.92 Å². The smallest absolute Gasteiger partial charge is 0.0353 e. The van der Waals surface area contributed by atoms with Gasteiger partial charge < -0.3 is 10.2 Å². The summed E-state index contributed by atoms with van der Waals surface area (Å²) in [6.07, 6.45) is 9.64. The van der Waals surface area contributed by atoms with Crippen molar-refractivity contribution in [1.29, 1.82) is 0 Å². The molecule has 0 saturated heterocycles. The maximum atomic E-state index is 3.83. The lowest BCUT2D eigenvalue weighted by Crippen LogP contribution is -2.61. The van der Waals surface area contributed by atoms with Crippen LogP contribution in [0.25, 0.3) is 0 Å². The highest BCUT2D eigenvalue weighted by Crippen LogP contribution is 2.36. The SMILES string of the molecule is CCNC(C1CCCCC1)C(CC)(CC)N(C)C. The van der Waals surface area contributed by atoms with Crippen molar-refractivity contribution in [1.82, 2.24) is 10.2 Å². The van der Waals surface area contributed by atoms with E-state index in [4.69, 9.17) is 0 Å². The number of nitrogens with one attached hydrogen (secondary N) is 1. The topological polar surface area (TPSA) is 15.3 Å². The summed E-state index contributed by atoms with van der Waals surface area (Å²) in [4.78, 5) is 2.48. The van der Waals surface area contributed by atoms with Crippen LogP contribution in [0, 0.1) is 5.92 Å². The van der Waals surface area contributed by atoms with Gasteiger partial charge in [0.15, 0.2) is 0 Å². The fourth-order valence-corrected chi connectivity index (χ4v) is 4.08. The Morgan fingerprint density at radius 1 is 1.06 bits per heavy atom. The lowest BCUT2D eigenvalue weighted by atomic mass is 9.71. The monoisotopic (exact) mass is 254 g/mol. The summed E-state index contributed by atoms with van der Waals surface area (Å²) in [5.41, 5.74) is 0.331. The first-order valence-corrected chi connectivity index (χ1v) is 8.03. The minimum atomic E-state index is 0.331. The molecule has 0 bridgehead atoms. The van der Waals surface area contributed by atoms with Crippen molar-refractivity contribution < 1.29 is 0 Å². The molecular formula is C16H34N2.